The molecule has 5 heteroatoms. The number of hydrogen-bond donors (Lipinski definition) is 1. The van der Waals surface area contributed by atoms with Crippen molar-refractivity contribution in [3.63, 3.8) is 0 Å². The number of nitrogens with two attached hydrogens (primary N) is 1. The summed E-state index contributed by atoms with van der Waals surface area (Å²) in [5, 5.41) is 0. The fourth-order valence-corrected chi connectivity index (χ4v) is 5.77. The molecule has 0 aliphatic heterocycles. The molecule has 0 aromatic heterocycles. The molecule has 0 amide bonds. The van der Waals surface area contributed by atoms with E-state index in [1.54, 1.807) is 12.1 Å². The molecule has 0 bridgehead atoms. The number of unbranched alkanes of at least 4 members (excludes halogenated alkanes) is 2. The topological polar surface area (TPSA) is 32.5 Å². The average molecular weight is 608 g/mol. The molecule has 0 spiro atoms. The number of allylic oxidation sites excluding steroid dienone is 5. The van der Waals surface area contributed by atoms with Crippen molar-refractivity contribution >= 4 is 19.9 Å². The van der Waals surface area contributed by atoms with E-state index < -0.39 is 0 Å². The molecule has 2 unspecified atom stereocenters. The van der Waals surface area contributed by atoms with E-state index in [9.17, 15) is 4.39 Å². The minimum atomic E-state index is -0.205. The van der Waals surface area contributed by atoms with Gasteiger partial charge >= 0.3 is 0 Å². The van der Waals surface area contributed by atoms with Crippen LogP contribution in [0.1, 0.15) is 90.7 Å². The van der Waals surface area contributed by atoms with Crippen molar-refractivity contribution in [1.82, 2.24) is 9.80 Å². The van der Waals surface area contributed by atoms with Gasteiger partial charge in [-0.2, -0.15) is 0 Å². The second-order valence-corrected chi connectivity index (χ2v) is 12.8. The van der Waals surface area contributed by atoms with E-state index in [0.29, 0.717) is 11.5 Å². The van der Waals surface area contributed by atoms with E-state index in [2.05, 4.69) is 78.9 Å². The molecule has 0 saturated carbocycles. The largest absolute Gasteiger partial charge is 0.369 e. The first-order valence-corrected chi connectivity index (χ1v) is 16.3. The van der Waals surface area contributed by atoms with Crippen LogP contribution in [0.4, 0.5) is 4.39 Å². The van der Waals surface area contributed by atoms with Gasteiger partial charge in [0, 0.05) is 35.8 Å². The lowest BCUT2D eigenvalue weighted by Crippen LogP contribution is -2.41. The van der Waals surface area contributed by atoms with Gasteiger partial charge in [-0.15, -0.1) is 15.4 Å². The van der Waals surface area contributed by atoms with Crippen molar-refractivity contribution in [3.05, 3.63) is 102 Å². The van der Waals surface area contributed by atoms with Gasteiger partial charge in [0.15, 0.2) is 0 Å². The van der Waals surface area contributed by atoms with Crippen molar-refractivity contribution in [2.45, 2.75) is 98.6 Å². The van der Waals surface area contributed by atoms with Gasteiger partial charge in [0.05, 0.1) is 6.04 Å². The Morgan fingerprint density at radius 1 is 1.07 bits per heavy atom. The highest BCUT2D eigenvalue weighted by Crippen LogP contribution is 2.29. The van der Waals surface area contributed by atoms with E-state index in [1.807, 2.05) is 39.0 Å². The zero-order valence-electron chi connectivity index (χ0n) is 28.2. The molecule has 1 aromatic rings. The van der Waals surface area contributed by atoms with Crippen LogP contribution < -0.4 is 5.73 Å². The first-order chi connectivity index (χ1) is 20.2. The lowest BCUT2D eigenvalue weighted by molar-refractivity contribution is 0.227. The van der Waals surface area contributed by atoms with Gasteiger partial charge in [-0.25, -0.2) is 4.39 Å². The maximum absolute atomic E-state index is 14.7. The summed E-state index contributed by atoms with van der Waals surface area (Å²) in [5.41, 5.74) is 14.6. The first kappa shape index (κ1) is 38.5. The molecule has 2 N–H and O–H groups in total. The summed E-state index contributed by atoms with van der Waals surface area (Å²) in [7, 11) is 5.87. The fourth-order valence-electron chi connectivity index (χ4n) is 5.51. The Bertz CT molecular complexity index is 1180. The van der Waals surface area contributed by atoms with Crippen LogP contribution in [0.2, 0.25) is 0 Å². The van der Waals surface area contributed by atoms with E-state index in [1.165, 1.54) is 11.0 Å². The molecule has 1 rings (SSSR count). The van der Waals surface area contributed by atoms with Crippen LogP contribution in [-0.2, 0) is 0 Å². The van der Waals surface area contributed by atoms with E-state index >= 15 is 0 Å². The monoisotopic (exact) mass is 607 g/mol. The van der Waals surface area contributed by atoms with Gasteiger partial charge in [-0.1, -0.05) is 81.0 Å². The smallest absolute Gasteiger partial charge is 0.131 e. The summed E-state index contributed by atoms with van der Waals surface area (Å²) in [4.78, 5) is 4.62. The lowest BCUT2D eigenvalue weighted by Gasteiger charge is -2.38. The summed E-state index contributed by atoms with van der Waals surface area (Å²) in [6, 6.07) is 5.20. The molecule has 2 atom stereocenters. The summed E-state index contributed by atoms with van der Waals surface area (Å²) >= 11 is 0. The highest BCUT2D eigenvalue weighted by Gasteiger charge is 2.25. The minimum absolute atomic E-state index is 0.107. The molecule has 43 heavy (non-hydrogen) atoms. The Morgan fingerprint density at radius 3 is 2.33 bits per heavy atom. The van der Waals surface area contributed by atoms with Gasteiger partial charge in [0.1, 0.15) is 5.82 Å². The first-order valence-electron chi connectivity index (χ1n) is 15.8. The summed E-state index contributed by atoms with van der Waals surface area (Å²) in [6.45, 7) is 31.1. The highest BCUT2D eigenvalue weighted by atomic mass is 31.0. The van der Waals surface area contributed by atoms with Crippen LogP contribution in [0, 0.1) is 18.7 Å². The predicted molar refractivity (Wildman–Crippen MR) is 193 cm³/mol. The third kappa shape index (κ3) is 12.9. The third-order valence-corrected chi connectivity index (χ3v) is 8.78. The second-order valence-electron chi connectivity index (χ2n) is 12.3. The normalized spacial score (nSPS) is 13.7. The van der Waals surface area contributed by atoms with E-state index in [-0.39, 0.29) is 17.9 Å². The van der Waals surface area contributed by atoms with Crippen LogP contribution in [0.25, 0.3) is 5.57 Å². The van der Waals surface area contributed by atoms with Crippen molar-refractivity contribution < 1.29 is 4.39 Å². The number of halogens is 1. The number of hydrogen-bond acceptors (Lipinski definition) is 2. The third-order valence-electron chi connectivity index (χ3n) is 8.15. The van der Waals surface area contributed by atoms with Crippen LogP contribution in [0.5, 0.6) is 0 Å². The number of aryl methyl sites for hydroxylation is 1. The zero-order valence-corrected chi connectivity index (χ0v) is 29.2. The lowest BCUT2D eigenvalue weighted by atomic mass is 9.90. The molecule has 0 aliphatic carbocycles. The maximum Gasteiger partial charge on any atom is 0.131 e. The molecule has 0 fully saturated rings. The van der Waals surface area contributed by atoms with E-state index in [0.717, 1.165) is 86.0 Å². The molecule has 1 aromatic carbocycles. The van der Waals surface area contributed by atoms with Crippen LogP contribution in [-0.4, -0.2) is 47.4 Å². The van der Waals surface area contributed by atoms with Gasteiger partial charge in [0.2, 0.25) is 0 Å². The molecule has 238 valence electrons. The molecule has 0 heterocycles. The molecule has 0 aliphatic rings. The Labute approximate surface area is 266 Å². The maximum atomic E-state index is 14.7. The van der Waals surface area contributed by atoms with Gasteiger partial charge in [-0.3, -0.25) is 4.90 Å². The Morgan fingerprint density at radius 2 is 1.74 bits per heavy atom. The summed E-state index contributed by atoms with van der Waals surface area (Å²) in [5.74, 6) is 0.116. The molecular formula is C38H59FN3P. The summed E-state index contributed by atoms with van der Waals surface area (Å²) < 4.78 is 14.7. The second kappa shape index (κ2) is 19.7. The quantitative estimate of drug-likeness (QED) is 0.0653. The SMILES string of the molecule is C=CCCC(=P)N(C)CCCCCC(=C)C(=C)C(N)CCN(C(=C)C)C(/C(C)=C/C(=C\C)c1cc(C)ccc1F)C(C)C. The van der Waals surface area contributed by atoms with E-state index in [4.69, 9.17) is 5.73 Å². The van der Waals surface area contributed by atoms with Gasteiger partial charge < -0.3 is 10.6 Å². The van der Waals surface area contributed by atoms with Crippen molar-refractivity contribution in [3.8, 4) is 0 Å². The van der Waals surface area contributed by atoms with Crippen LogP contribution in [0.15, 0.2) is 85.2 Å². The summed E-state index contributed by atoms with van der Waals surface area (Å²) in [6.07, 6.45) is 13.0. The minimum Gasteiger partial charge on any atom is -0.369 e. The number of rotatable bonds is 21. The average Bonchev–Trinajstić information content (AvgIpc) is 2.96. The standard InChI is InChI=1S/C38H59FN3P/c1-12-14-19-37(43)41(11)23-17-15-16-18-30(8)32(10)36(40)22-24-42(28(5)6)38(27(3)4)31(9)26-33(13-2)34-25-29(7)20-21-35(34)39/h12-13,20-21,25-27,36,38,43H,1,5,8,10,14-19,22-24,40H2,2-4,6-7,9,11H3/b31-26+,33-13+. The molecule has 0 radical (unpaired) electrons. The Kier molecular flexibility index (Phi) is 17.6. The van der Waals surface area contributed by atoms with Gasteiger partial charge in [-0.05, 0) is 102 Å². The molecule has 0 saturated heterocycles. The predicted octanol–water partition coefficient (Wildman–Crippen LogP) is 9.90. The van der Waals surface area contributed by atoms with Crippen molar-refractivity contribution in [1.29, 1.82) is 0 Å². The number of benzene rings is 1. The Balaban J connectivity index is 2.81. The fraction of sp³-hybridized carbons (Fsp3) is 0.500. The highest BCUT2D eigenvalue weighted by molar-refractivity contribution is 7.20. The molecule has 3 nitrogen and oxygen atoms in total. The zero-order chi connectivity index (χ0) is 32.7. The Hall–Kier alpha value is -2.52. The van der Waals surface area contributed by atoms with Crippen LogP contribution in [0.3, 0.4) is 0 Å². The van der Waals surface area contributed by atoms with Crippen molar-refractivity contribution in [2.24, 2.45) is 11.7 Å². The van der Waals surface area contributed by atoms with Gasteiger partial charge in [0.25, 0.3) is 0 Å². The van der Waals surface area contributed by atoms with Crippen LogP contribution >= 0.6 is 8.86 Å². The van der Waals surface area contributed by atoms with Crippen molar-refractivity contribution in [2.75, 3.05) is 20.1 Å². The molecular weight excluding hydrogens is 548 g/mol. The number of nitrogens with zero attached hydrogens (tertiary/aromatic N) is 2.